The lowest BCUT2D eigenvalue weighted by molar-refractivity contribution is 0.105. The summed E-state index contributed by atoms with van der Waals surface area (Å²) in [5.74, 6) is 0.748. The summed E-state index contributed by atoms with van der Waals surface area (Å²) in [5.41, 5.74) is 3.60. The number of rotatable bonds is 6. The lowest BCUT2D eigenvalue weighted by Gasteiger charge is -2.11. The average Bonchev–Trinajstić information content (AvgIpc) is 3.19. The van der Waals surface area contributed by atoms with Gasteiger partial charge >= 0.3 is 0 Å². The van der Waals surface area contributed by atoms with E-state index in [1.54, 1.807) is 13.2 Å². The van der Waals surface area contributed by atoms with Gasteiger partial charge in [0.2, 0.25) is 0 Å². The minimum absolute atomic E-state index is 0.0200. The minimum atomic E-state index is -0.0200. The quantitative estimate of drug-likeness (QED) is 0.335. The molecule has 0 spiro atoms. The van der Waals surface area contributed by atoms with Crippen LogP contribution < -0.4 is 4.74 Å². The van der Waals surface area contributed by atoms with Gasteiger partial charge in [-0.2, -0.15) is 5.10 Å². The number of benzene rings is 1. The van der Waals surface area contributed by atoms with Gasteiger partial charge in [-0.25, -0.2) is 0 Å². The molecule has 0 bridgehead atoms. The molecule has 0 saturated carbocycles. The third-order valence-electron chi connectivity index (χ3n) is 4.16. The van der Waals surface area contributed by atoms with Crippen LogP contribution in [0, 0.1) is 13.8 Å². The van der Waals surface area contributed by atoms with Gasteiger partial charge in [-0.15, -0.1) is 11.3 Å². The second-order valence-electron chi connectivity index (χ2n) is 6.04. The fourth-order valence-electron chi connectivity index (χ4n) is 2.71. The maximum atomic E-state index is 12.3. The maximum absolute atomic E-state index is 12.3. The van der Waals surface area contributed by atoms with E-state index in [0.717, 1.165) is 32.7 Å². The molecular formula is C20H18BrClN2O2S. The summed E-state index contributed by atoms with van der Waals surface area (Å²) in [4.78, 5) is 13.0. The van der Waals surface area contributed by atoms with Crippen molar-refractivity contribution in [2.24, 2.45) is 0 Å². The van der Waals surface area contributed by atoms with Crippen LogP contribution in [0.5, 0.6) is 5.75 Å². The smallest absolute Gasteiger partial charge is 0.195 e. The Morgan fingerprint density at radius 1 is 1.37 bits per heavy atom. The summed E-state index contributed by atoms with van der Waals surface area (Å²) in [7, 11) is 1.64. The van der Waals surface area contributed by atoms with Crippen LogP contribution >= 0.6 is 38.9 Å². The molecular weight excluding hydrogens is 448 g/mol. The highest BCUT2D eigenvalue weighted by Crippen LogP contribution is 2.25. The van der Waals surface area contributed by atoms with E-state index in [1.165, 1.54) is 11.3 Å². The normalized spacial score (nSPS) is 11.3. The Hall–Kier alpha value is -1.89. The molecule has 3 aromatic rings. The van der Waals surface area contributed by atoms with E-state index in [0.29, 0.717) is 16.4 Å². The molecule has 0 radical (unpaired) electrons. The van der Waals surface area contributed by atoms with E-state index >= 15 is 0 Å². The molecule has 0 amide bonds. The molecule has 0 aliphatic heterocycles. The minimum Gasteiger partial charge on any atom is -0.496 e. The summed E-state index contributed by atoms with van der Waals surface area (Å²) in [6.07, 6.45) is 3.40. The number of allylic oxidation sites excluding steroid dienone is 1. The first-order valence-corrected chi connectivity index (χ1v) is 10.3. The number of nitrogens with zero attached hydrogens (tertiary/aromatic N) is 2. The first kappa shape index (κ1) is 19.9. The number of ether oxygens (including phenoxy) is 1. The number of hydrogen-bond donors (Lipinski definition) is 0. The molecule has 2 heterocycles. The van der Waals surface area contributed by atoms with Gasteiger partial charge in [0, 0.05) is 15.4 Å². The number of methoxy groups -OCH3 is 1. The van der Waals surface area contributed by atoms with Gasteiger partial charge in [-0.05, 0) is 59.6 Å². The van der Waals surface area contributed by atoms with Crippen LogP contribution in [-0.2, 0) is 6.54 Å². The van der Waals surface area contributed by atoms with Crippen molar-refractivity contribution in [3.63, 3.8) is 0 Å². The highest BCUT2D eigenvalue weighted by Gasteiger charge is 2.12. The molecule has 0 saturated heterocycles. The number of aryl methyl sites for hydroxylation is 1. The van der Waals surface area contributed by atoms with Crippen molar-refractivity contribution in [3.8, 4) is 5.75 Å². The molecule has 0 aliphatic carbocycles. The van der Waals surface area contributed by atoms with Gasteiger partial charge in [0.1, 0.15) is 5.75 Å². The fraction of sp³-hybridized carbons (Fsp3) is 0.200. The molecule has 1 aromatic carbocycles. The zero-order valence-electron chi connectivity index (χ0n) is 15.1. The predicted octanol–water partition coefficient (Wildman–Crippen LogP) is 5.93. The monoisotopic (exact) mass is 464 g/mol. The van der Waals surface area contributed by atoms with E-state index in [9.17, 15) is 4.79 Å². The standard InChI is InChI=1S/C20H18BrClN2O2S/c1-12-20(22)13(2)24(23-12)10-15-8-14(5-7-18(15)26-3)4-6-17(25)19-9-16(21)11-27-19/h4-9,11H,10H2,1-3H3/b6-4+. The van der Waals surface area contributed by atoms with Gasteiger partial charge in [-0.1, -0.05) is 23.7 Å². The van der Waals surface area contributed by atoms with Crippen molar-refractivity contribution in [1.82, 2.24) is 9.78 Å². The SMILES string of the molecule is COc1ccc(/C=C/C(=O)c2cc(Br)cs2)cc1Cn1nc(C)c(Cl)c1C. The third-order valence-corrected chi connectivity index (χ3v) is 6.41. The van der Waals surface area contributed by atoms with Gasteiger partial charge in [0.05, 0.1) is 34.9 Å². The Morgan fingerprint density at radius 3 is 2.74 bits per heavy atom. The summed E-state index contributed by atoms with van der Waals surface area (Å²) < 4.78 is 8.25. The Balaban J connectivity index is 1.85. The van der Waals surface area contributed by atoms with Gasteiger partial charge in [0.25, 0.3) is 0 Å². The van der Waals surface area contributed by atoms with Crippen LogP contribution in [-0.4, -0.2) is 22.7 Å². The first-order chi connectivity index (χ1) is 12.9. The molecule has 0 unspecified atom stereocenters. The van der Waals surface area contributed by atoms with E-state index in [4.69, 9.17) is 16.3 Å². The Bertz CT molecular complexity index is 1020. The molecule has 140 valence electrons. The predicted molar refractivity (Wildman–Crippen MR) is 114 cm³/mol. The van der Waals surface area contributed by atoms with Crippen LogP contribution in [0.2, 0.25) is 5.02 Å². The Labute approximate surface area is 175 Å². The molecule has 3 rings (SSSR count). The number of hydrogen-bond acceptors (Lipinski definition) is 4. The first-order valence-electron chi connectivity index (χ1n) is 8.22. The molecule has 0 atom stereocenters. The second kappa shape index (κ2) is 8.42. The van der Waals surface area contributed by atoms with Gasteiger partial charge < -0.3 is 4.74 Å². The van der Waals surface area contributed by atoms with E-state index in [2.05, 4.69) is 21.0 Å². The number of carbonyl (C=O) groups excluding carboxylic acids is 1. The Kier molecular flexibility index (Phi) is 6.19. The molecule has 0 fully saturated rings. The second-order valence-corrected chi connectivity index (χ2v) is 8.25. The highest BCUT2D eigenvalue weighted by molar-refractivity contribution is 9.10. The van der Waals surface area contributed by atoms with Crippen LogP contribution in [0.3, 0.4) is 0 Å². The lowest BCUT2D eigenvalue weighted by atomic mass is 10.1. The number of halogens is 2. The highest BCUT2D eigenvalue weighted by atomic mass is 79.9. The van der Waals surface area contributed by atoms with Crippen LogP contribution in [0.1, 0.15) is 32.2 Å². The molecule has 7 heteroatoms. The van der Waals surface area contributed by atoms with Crippen molar-refractivity contribution in [2.45, 2.75) is 20.4 Å². The summed E-state index contributed by atoms with van der Waals surface area (Å²) in [6, 6.07) is 7.64. The topological polar surface area (TPSA) is 44.1 Å². The molecule has 27 heavy (non-hydrogen) atoms. The summed E-state index contributed by atoms with van der Waals surface area (Å²) in [5, 5.41) is 7.05. The van der Waals surface area contributed by atoms with Crippen molar-refractivity contribution >= 4 is 50.7 Å². The zero-order valence-corrected chi connectivity index (χ0v) is 18.3. The molecule has 0 aliphatic rings. The number of carbonyl (C=O) groups is 1. The van der Waals surface area contributed by atoms with Crippen molar-refractivity contribution in [1.29, 1.82) is 0 Å². The average molecular weight is 466 g/mol. The number of ketones is 1. The zero-order chi connectivity index (χ0) is 19.6. The van der Waals surface area contributed by atoms with Crippen LogP contribution in [0.25, 0.3) is 6.08 Å². The fourth-order valence-corrected chi connectivity index (χ4v) is 4.20. The van der Waals surface area contributed by atoms with E-state index in [-0.39, 0.29) is 5.78 Å². The van der Waals surface area contributed by atoms with Crippen molar-refractivity contribution in [3.05, 3.63) is 72.6 Å². The van der Waals surface area contributed by atoms with Gasteiger partial charge in [0.15, 0.2) is 5.78 Å². The lowest BCUT2D eigenvalue weighted by Crippen LogP contribution is -2.06. The largest absolute Gasteiger partial charge is 0.496 e. The van der Waals surface area contributed by atoms with Crippen LogP contribution in [0.4, 0.5) is 0 Å². The number of aromatic nitrogens is 2. The summed E-state index contributed by atoms with van der Waals surface area (Å²) >= 11 is 11.0. The number of thiophene rings is 1. The molecule has 4 nitrogen and oxygen atoms in total. The van der Waals surface area contributed by atoms with E-state index < -0.39 is 0 Å². The summed E-state index contributed by atoms with van der Waals surface area (Å²) in [6.45, 7) is 4.36. The van der Waals surface area contributed by atoms with Crippen molar-refractivity contribution in [2.75, 3.05) is 7.11 Å². The van der Waals surface area contributed by atoms with Gasteiger partial charge in [-0.3, -0.25) is 9.48 Å². The van der Waals surface area contributed by atoms with Crippen molar-refractivity contribution < 1.29 is 9.53 Å². The Morgan fingerprint density at radius 2 is 2.15 bits per heavy atom. The molecule has 2 aromatic heterocycles. The van der Waals surface area contributed by atoms with E-state index in [1.807, 2.05) is 54.3 Å². The third kappa shape index (κ3) is 4.51. The molecule has 0 N–H and O–H groups in total. The maximum Gasteiger partial charge on any atom is 0.195 e. The van der Waals surface area contributed by atoms with Crippen LogP contribution in [0.15, 0.2) is 40.2 Å².